The SMILES string of the molecule is C=CCN(CC(F)(F)F)C(=O)c1ccn(C2CCCNC2)n1.Cl. The minimum absolute atomic E-state index is 0. The Labute approximate surface area is 138 Å². The summed E-state index contributed by atoms with van der Waals surface area (Å²) in [5.41, 5.74) is 0.0247. The lowest BCUT2D eigenvalue weighted by Gasteiger charge is -2.23. The van der Waals surface area contributed by atoms with Crippen molar-refractivity contribution in [1.82, 2.24) is 20.0 Å². The summed E-state index contributed by atoms with van der Waals surface area (Å²) >= 11 is 0. The highest BCUT2D eigenvalue weighted by atomic mass is 35.5. The zero-order valence-electron chi connectivity index (χ0n) is 12.6. The quantitative estimate of drug-likeness (QED) is 0.828. The number of nitrogens with zero attached hydrogens (tertiary/aromatic N) is 3. The van der Waals surface area contributed by atoms with Gasteiger partial charge in [0.2, 0.25) is 0 Å². The predicted octanol–water partition coefficient (Wildman–Crippen LogP) is 2.42. The Morgan fingerprint density at radius 2 is 2.30 bits per heavy atom. The average molecular weight is 353 g/mol. The zero-order valence-corrected chi connectivity index (χ0v) is 13.4. The molecule has 2 rings (SSSR count). The summed E-state index contributed by atoms with van der Waals surface area (Å²) in [6, 6.07) is 1.59. The number of aromatic nitrogens is 2. The molecule has 1 aromatic heterocycles. The van der Waals surface area contributed by atoms with Gasteiger partial charge >= 0.3 is 6.18 Å². The van der Waals surface area contributed by atoms with E-state index in [2.05, 4.69) is 17.0 Å². The van der Waals surface area contributed by atoms with Crippen LogP contribution in [0.4, 0.5) is 13.2 Å². The molecule has 2 heterocycles. The van der Waals surface area contributed by atoms with Crippen molar-refractivity contribution in [2.45, 2.75) is 25.1 Å². The summed E-state index contributed by atoms with van der Waals surface area (Å²) in [5.74, 6) is -0.736. The van der Waals surface area contributed by atoms with E-state index in [0.29, 0.717) is 4.90 Å². The van der Waals surface area contributed by atoms with Crippen LogP contribution in [0.2, 0.25) is 0 Å². The van der Waals surface area contributed by atoms with Gasteiger partial charge in [0.25, 0.3) is 5.91 Å². The third kappa shape index (κ3) is 5.54. The van der Waals surface area contributed by atoms with Crippen LogP contribution in [0.25, 0.3) is 0 Å². The number of nitrogens with one attached hydrogen (secondary N) is 1. The first-order chi connectivity index (χ1) is 10.4. The van der Waals surface area contributed by atoms with Crippen molar-refractivity contribution < 1.29 is 18.0 Å². The first-order valence-corrected chi connectivity index (χ1v) is 7.13. The molecule has 0 spiro atoms. The molecular weight excluding hydrogens is 333 g/mol. The standard InChI is InChI=1S/C14H19F3N4O.ClH/c1-2-7-20(10-14(15,16)17)13(22)12-5-8-21(19-12)11-4-3-6-18-9-11;/h2,5,8,11,18H,1,3-4,6-7,9-10H2;1H. The first-order valence-electron chi connectivity index (χ1n) is 7.13. The molecule has 1 N–H and O–H groups in total. The average Bonchev–Trinajstić information content (AvgIpc) is 2.95. The lowest BCUT2D eigenvalue weighted by Crippen LogP contribution is -2.39. The van der Waals surface area contributed by atoms with E-state index in [9.17, 15) is 18.0 Å². The maximum atomic E-state index is 12.5. The molecule has 1 unspecified atom stereocenters. The second-order valence-electron chi connectivity index (χ2n) is 5.27. The number of piperidine rings is 1. The third-order valence-corrected chi connectivity index (χ3v) is 3.48. The second-order valence-corrected chi connectivity index (χ2v) is 5.27. The number of halogens is 4. The number of carbonyl (C=O) groups excluding carboxylic acids is 1. The molecule has 1 atom stereocenters. The van der Waals surface area contributed by atoms with Gasteiger partial charge in [-0.3, -0.25) is 9.48 Å². The number of hydrogen-bond donors (Lipinski definition) is 1. The molecule has 1 aromatic rings. The summed E-state index contributed by atoms with van der Waals surface area (Å²) in [7, 11) is 0. The van der Waals surface area contributed by atoms with Gasteiger partial charge in [-0.2, -0.15) is 18.3 Å². The van der Waals surface area contributed by atoms with Crippen molar-refractivity contribution in [3.8, 4) is 0 Å². The molecule has 1 aliphatic heterocycles. The highest BCUT2D eigenvalue weighted by molar-refractivity contribution is 5.92. The molecule has 23 heavy (non-hydrogen) atoms. The van der Waals surface area contributed by atoms with Crippen LogP contribution in [-0.2, 0) is 0 Å². The Kier molecular flexibility index (Phi) is 7.08. The third-order valence-electron chi connectivity index (χ3n) is 3.48. The maximum absolute atomic E-state index is 12.5. The van der Waals surface area contributed by atoms with Crippen molar-refractivity contribution in [1.29, 1.82) is 0 Å². The fourth-order valence-electron chi connectivity index (χ4n) is 2.47. The molecule has 1 saturated heterocycles. The van der Waals surface area contributed by atoms with E-state index in [1.165, 1.54) is 12.1 Å². The van der Waals surface area contributed by atoms with E-state index in [0.717, 1.165) is 25.9 Å². The van der Waals surface area contributed by atoms with Crippen molar-refractivity contribution in [3.63, 3.8) is 0 Å². The summed E-state index contributed by atoms with van der Waals surface area (Å²) < 4.78 is 39.3. The van der Waals surface area contributed by atoms with Crippen LogP contribution in [-0.4, -0.2) is 52.9 Å². The van der Waals surface area contributed by atoms with Gasteiger partial charge in [-0.25, -0.2) is 0 Å². The minimum atomic E-state index is -4.45. The van der Waals surface area contributed by atoms with Gasteiger partial charge in [-0.15, -0.1) is 19.0 Å². The van der Waals surface area contributed by atoms with Crippen molar-refractivity contribution >= 4 is 18.3 Å². The van der Waals surface area contributed by atoms with Gasteiger partial charge in [-0.1, -0.05) is 6.08 Å². The topological polar surface area (TPSA) is 50.2 Å². The fraction of sp³-hybridized carbons (Fsp3) is 0.571. The smallest absolute Gasteiger partial charge is 0.324 e. The van der Waals surface area contributed by atoms with Crippen molar-refractivity contribution in [2.75, 3.05) is 26.2 Å². The number of alkyl halides is 3. The summed E-state index contributed by atoms with van der Waals surface area (Å²) in [4.78, 5) is 12.9. The highest BCUT2D eigenvalue weighted by Crippen LogP contribution is 2.19. The molecule has 0 aromatic carbocycles. The molecular formula is C14H20ClF3N4O. The summed E-state index contributed by atoms with van der Waals surface area (Å²) in [5, 5.41) is 7.38. The van der Waals surface area contributed by atoms with E-state index >= 15 is 0 Å². The van der Waals surface area contributed by atoms with Gasteiger partial charge in [-0.05, 0) is 25.5 Å². The van der Waals surface area contributed by atoms with E-state index in [-0.39, 0.29) is 30.7 Å². The number of rotatable bonds is 5. The van der Waals surface area contributed by atoms with E-state index in [1.54, 1.807) is 10.9 Å². The summed E-state index contributed by atoms with van der Waals surface area (Å²) in [6.45, 7) is 3.60. The van der Waals surface area contributed by atoms with Crippen LogP contribution in [0.15, 0.2) is 24.9 Å². The van der Waals surface area contributed by atoms with Crippen LogP contribution in [0, 0.1) is 0 Å². The van der Waals surface area contributed by atoms with Crippen LogP contribution in [0.1, 0.15) is 29.4 Å². The van der Waals surface area contributed by atoms with Crippen LogP contribution in [0.5, 0.6) is 0 Å². The number of hydrogen-bond acceptors (Lipinski definition) is 3. The molecule has 130 valence electrons. The lowest BCUT2D eigenvalue weighted by atomic mass is 10.1. The molecule has 0 radical (unpaired) electrons. The molecule has 1 amide bonds. The Morgan fingerprint density at radius 1 is 1.57 bits per heavy atom. The minimum Gasteiger partial charge on any atom is -0.324 e. The predicted molar refractivity (Wildman–Crippen MR) is 82.8 cm³/mol. The van der Waals surface area contributed by atoms with E-state index in [1.807, 2.05) is 0 Å². The van der Waals surface area contributed by atoms with Crippen molar-refractivity contribution in [2.24, 2.45) is 0 Å². The molecule has 0 bridgehead atoms. The van der Waals surface area contributed by atoms with Crippen LogP contribution >= 0.6 is 12.4 Å². The molecule has 1 aliphatic rings. The lowest BCUT2D eigenvalue weighted by molar-refractivity contribution is -0.139. The highest BCUT2D eigenvalue weighted by Gasteiger charge is 2.33. The van der Waals surface area contributed by atoms with Crippen LogP contribution < -0.4 is 5.32 Å². The van der Waals surface area contributed by atoms with Crippen molar-refractivity contribution in [3.05, 3.63) is 30.6 Å². The Hall–Kier alpha value is -1.54. The largest absolute Gasteiger partial charge is 0.406 e. The second kappa shape index (κ2) is 8.35. The van der Waals surface area contributed by atoms with Gasteiger partial charge < -0.3 is 10.2 Å². The molecule has 0 saturated carbocycles. The Bertz CT molecular complexity index is 526. The molecule has 5 nitrogen and oxygen atoms in total. The molecule has 1 fully saturated rings. The summed E-state index contributed by atoms with van der Waals surface area (Å²) in [6.07, 6.45) is 0.399. The fourth-order valence-corrected chi connectivity index (χ4v) is 2.47. The van der Waals surface area contributed by atoms with E-state index < -0.39 is 18.6 Å². The monoisotopic (exact) mass is 352 g/mol. The molecule has 9 heteroatoms. The normalized spacial score (nSPS) is 18.1. The Balaban J connectivity index is 0.00000264. The maximum Gasteiger partial charge on any atom is 0.406 e. The Morgan fingerprint density at radius 3 is 2.87 bits per heavy atom. The number of carbonyl (C=O) groups is 1. The first kappa shape index (κ1) is 19.5. The van der Waals surface area contributed by atoms with Crippen LogP contribution in [0.3, 0.4) is 0 Å². The van der Waals surface area contributed by atoms with E-state index in [4.69, 9.17) is 0 Å². The van der Waals surface area contributed by atoms with Gasteiger partial charge in [0.05, 0.1) is 6.04 Å². The molecule has 0 aliphatic carbocycles. The van der Waals surface area contributed by atoms with Gasteiger partial charge in [0, 0.05) is 19.3 Å². The van der Waals surface area contributed by atoms with Gasteiger partial charge in [0.15, 0.2) is 0 Å². The number of amides is 1. The zero-order chi connectivity index (χ0) is 16.2. The van der Waals surface area contributed by atoms with Gasteiger partial charge in [0.1, 0.15) is 12.2 Å².